The number of rotatable bonds is 8. The Bertz CT molecular complexity index is 771. The highest BCUT2D eigenvalue weighted by Gasteiger charge is 2.30. The van der Waals surface area contributed by atoms with Gasteiger partial charge in [-0.15, -0.1) is 0 Å². The summed E-state index contributed by atoms with van der Waals surface area (Å²) in [5.41, 5.74) is 0.198. The Labute approximate surface area is 171 Å². The Morgan fingerprint density at radius 1 is 1.28 bits per heavy atom. The smallest absolute Gasteiger partial charge is 0.334 e. The van der Waals surface area contributed by atoms with Crippen molar-refractivity contribution < 1.29 is 13.2 Å². The van der Waals surface area contributed by atoms with Crippen LogP contribution in [0.1, 0.15) is 36.7 Å². The molecule has 1 fully saturated rings. The van der Waals surface area contributed by atoms with Gasteiger partial charge in [0.15, 0.2) is 0 Å². The Morgan fingerprint density at radius 3 is 2.86 bits per heavy atom. The van der Waals surface area contributed by atoms with Crippen LogP contribution < -0.4 is 0 Å². The number of halogens is 3. The Kier molecular flexibility index (Phi) is 7.35. The zero-order valence-corrected chi connectivity index (χ0v) is 17.3. The SMILES string of the molecule is CCn1ccnc1CN(C)C[C@@H]1CCCN(CCc2cccc(C(F)(F)F)c2)C1. The van der Waals surface area contributed by atoms with Crippen LogP contribution in [0.2, 0.25) is 0 Å². The molecule has 7 heteroatoms. The number of hydrogen-bond acceptors (Lipinski definition) is 3. The summed E-state index contributed by atoms with van der Waals surface area (Å²) in [6, 6.07) is 5.72. The summed E-state index contributed by atoms with van der Waals surface area (Å²) in [6.45, 7) is 7.73. The molecule has 2 heterocycles. The molecule has 1 aliphatic rings. The molecule has 0 N–H and O–H groups in total. The highest BCUT2D eigenvalue weighted by Crippen LogP contribution is 2.29. The van der Waals surface area contributed by atoms with E-state index in [2.05, 4.69) is 33.3 Å². The van der Waals surface area contributed by atoms with Crippen molar-refractivity contribution in [1.29, 1.82) is 0 Å². The lowest BCUT2D eigenvalue weighted by molar-refractivity contribution is -0.137. The maximum atomic E-state index is 12.9. The summed E-state index contributed by atoms with van der Waals surface area (Å²) in [4.78, 5) is 9.18. The fraction of sp³-hybridized carbons (Fsp3) is 0.591. The first-order valence-corrected chi connectivity index (χ1v) is 10.4. The van der Waals surface area contributed by atoms with Crippen LogP contribution in [0, 0.1) is 5.92 Å². The van der Waals surface area contributed by atoms with E-state index in [1.807, 2.05) is 12.4 Å². The number of aryl methyl sites for hydroxylation is 1. The zero-order valence-electron chi connectivity index (χ0n) is 17.3. The van der Waals surface area contributed by atoms with Gasteiger partial charge in [0, 0.05) is 38.6 Å². The van der Waals surface area contributed by atoms with Crippen LogP contribution in [0.3, 0.4) is 0 Å². The van der Waals surface area contributed by atoms with E-state index >= 15 is 0 Å². The molecule has 1 aromatic heterocycles. The van der Waals surface area contributed by atoms with Crippen molar-refractivity contribution in [3.63, 3.8) is 0 Å². The molecule has 0 radical (unpaired) electrons. The van der Waals surface area contributed by atoms with E-state index < -0.39 is 11.7 Å². The normalized spacial score (nSPS) is 18.5. The van der Waals surface area contributed by atoms with Gasteiger partial charge in [-0.1, -0.05) is 18.2 Å². The number of likely N-dealkylation sites (tertiary alicyclic amines) is 1. The molecule has 0 saturated carbocycles. The van der Waals surface area contributed by atoms with E-state index in [0.717, 1.165) is 63.1 Å². The summed E-state index contributed by atoms with van der Waals surface area (Å²) < 4.78 is 40.9. The maximum absolute atomic E-state index is 12.9. The molecule has 0 amide bonds. The van der Waals surface area contributed by atoms with Gasteiger partial charge in [0.05, 0.1) is 12.1 Å². The van der Waals surface area contributed by atoms with Gasteiger partial charge in [0.1, 0.15) is 5.82 Å². The Balaban J connectivity index is 1.48. The molecule has 29 heavy (non-hydrogen) atoms. The molecule has 3 rings (SSSR count). The van der Waals surface area contributed by atoms with Crippen molar-refractivity contribution in [2.75, 3.05) is 33.2 Å². The monoisotopic (exact) mass is 408 g/mol. The van der Waals surface area contributed by atoms with Crippen LogP contribution in [0.25, 0.3) is 0 Å². The van der Waals surface area contributed by atoms with E-state index in [1.165, 1.54) is 18.6 Å². The maximum Gasteiger partial charge on any atom is 0.416 e. The minimum atomic E-state index is -4.27. The van der Waals surface area contributed by atoms with Gasteiger partial charge >= 0.3 is 6.18 Å². The van der Waals surface area contributed by atoms with Crippen molar-refractivity contribution in [3.05, 3.63) is 53.6 Å². The van der Waals surface area contributed by atoms with Crippen LogP contribution >= 0.6 is 0 Å². The Morgan fingerprint density at radius 2 is 2.10 bits per heavy atom. The van der Waals surface area contributed by atoms with E-state index in [0.29, 0.717) is 12.3 Å². The van der Waals surface area contributed by atoms with Crippen LogP contribution in [0.5, 0.6) is 0 Å². The van der Waals surface area contributed by atoms with Gasteiger partial charge in [-0.2, -0.15) is 13.2 Å². The lowest BCUT2D eigenvalue weighted by Crippen LogP contribution is -2.41. The van der Waals surface area contributed by atoms with E-state index in [9.17, 15) is 13.2 Å². The first kappa shape index (κ1) is 21.8. The highest BCUT2D eigenvalue weighted by molar-refractivity contribution is 5.25. The molecule has 0 unspecified atom stereocenters. The fourth-order valence-electron chi connectivity index (χ4n) is 4.22. The van der Waals surface area contributed by atoms with Gasteiger partial charge in [0.25, 0.3) is 0 Å². The number of nitrogens with zero attached hydrogens (tertiary/aromatic N) is 4. The minimum absolute atomic E-state index is 0.557. The lowest BCUT2D eigenvalue weighted by Gasteiger charge is -2.34. The number of imidazole rings is 1. The predicted octanol–water partition coefficient (Wildman–Crippen LogP) is 4.31. The third-order valence-corrected chi connectivity index (χ3v) is 5.70. The van der Waals surface area contributed by atoms with Crippen molar-refractivity contribution in [1.82, 2.24) is 19.4 Å². The summed E-state index contributed by atoms with van der Waals surface area (Å²) in [5.74, 6) is 1.67. The van der Waals surface area contributed by atoms with Crippen molar-refractivity contribution in [3.8, 4) is 0 Å². The quantitative estimate of drug-likeness (QED) is 0.651. The summed E-state index contributed by atoms with van der Waals surface area (Å²) in [7, 11) is 2.14. The topological polar surface area (TPSA) is 24.3 Å². The first-order chi connectivity index (χ1) is 13.8. The number of aromatic nitrogens is 2. The predicted molar refractivity (Wildman–Crippen MR) is 109 cm³/mol. The molecule has 1 atom stereocenters. The summed E-state index contributed by atoms with van der Waals surface area (Å²) in [5, 5.41) is 0. The van der Waals surface area contributed by atoms with Crippen LogP contribution in [0.4, 0.5) is 13.2 Å². The van der Waals surface area contributed by atoms with Crippen molar-refractivity contribution >= 4 is 0 Å². The highest BCUT2D eigenvalue weighted by atomic mass is 19.4. The van der Waals surface area contributed by atoms with Gasteiger partial charge in [-0.25, -0.2) is 4.98 Å². The second kappa shape index (κ2) is 9.76. The molecule has 4 nitrogen and oxygen atoms in total. The lowest BCUT2D eigenvalue weighted by atomic mass is 9.97. The second-order valence-corrected chi connectivity index (χ2v) is 8.08. The minimum Gasteiger partial charge on any atom is -0.334 e. The van der Waals surface area contributed by atoms with Crippen LogP contribution in [0.15, 0.2) is 36.7 Å². The average Bonchev–Trinajstić information content (AvgIpc) is 3.13. The molecule has 2 aromatic rings. The molecule has 0 spiro atoms. The summed E-state index contributed by atoms with van der Waals surface area (Å²) >= 11 is 0. The largest absolute Gasteiger partial charge is 0.416 e. The van der Waals surface area contributed by atoms with E-state index in [-0.39, 0.29) is 0 Å². The van der Waals surface area contributed by atoms with E-state index in [1.54, 1.807) is 6.07 Å². The molecule has 1 aliphatic heterocycles. The number of piperidine rings is 1. The standard InChI is InChI=1S/C22H31F3N4/c1-3-29-13-10-26-21(29)17-27(2)15-19-7-5-11-28(16-19)12-9-18-6-4-8-20(14-18)22(23,24)25/h4,6,8,10,13-14,19H,3,5,7,9,11-12,15-17H2,1-2H3/t19-/m0/s1. The second-order valence-electron chi connectivity index (χ2n) is 8.08. The molecular weight excluding hydrogens is 377 g/mol. The third-order valence-electron chi connectivity index (χ3n) is 5.70. The van der Waals surface area contributed by atoms with Gasteiger partial charge < -0.3 is 9.47 Å². The molecule has 160 valence electrons. The fourth-order valence-corrected chi connectivity index (χ4v) is 4.22. The first-order valence-electron chi connectivity index (χ1n) is 10.4. The van der Waals surface area contributed by atoms with Gasteiger partial charge in [-0.05, 0) is 57.3 Å². The molecule has 1 saturated heterocycles. The summed E-state index contributed by atoms with van der Waals surface area (Å²) in [6.07, 6.45) is 2.59. The van der Waals surface area contributed by atoms with Crippen molar-refractivity contribution in [2.45, 2.75) is 45.5 Å². The molecular formula is C22H31F3N4. The van der Waals surface area contributed by atoms with E-state index in [4.69, 9.17) is 0 Å². The van der Waals surface area contributed by atoms with Crippen LogP contribution in [-0.4, -0.2) is 52.6 Å². The van der Waals surface area contributed by atoms with Gasteiger partial charge in [0.2, 0.25) is 0 Å². The zero-order chi connectivity index (χ0) is 20.9. The third kappa shape index (κ3) is 6.31. The molecule has 0 bridgehead atoms. The van der Waals surface area contributed by atoms with Crippen LogP contribution in [-0.2, 0) is 25.7 Å². The number of hydrogen-bond donors (Lipinski definition) is 0. The number of benzene rings is 1. The molecule has 0 aliphatic carbocycles. The van der Waals surface area contributed by atoms with Gasteiger partial charge in [-0.3, -0.25) is 4.90 Å². The van der Waals surface area contributed by atoms with Crippen molar-refractivity contribution in [2.24, 2.45) is 5.92 Å². The average molecular weight is 409 g/mol. The molecule has 1 aromatic carbocycles. The Hall–Kier alpha value is -1.86. The number of alkyl halides is 3.